The van der Waals surface area contributed by atoms with Crippen molar-refractivity contribution in [3.8, 4) is 23.0 Å². The Hall–Kier alpha value is -4.20. The second-order valence-electron chi connectivity index (χ2n) is 8.61. The molecule has 3 aromatic carbocycles. The van der Waals surface area contributed by atoms with Crippen LogP contribution < -0.4 is 24.3 Å². The first-order chi connectivity index (χ1) is 18.0. The number of hydrogen-bond acceptors (Lipinski definition) is 6. The summed E-state index contributed by atoms with van der Waals surface area (Å²) >= 11 is 0. The van der Waals surface area contributed by atoms with Crippen LogP contribution in [0.2, 0.25) is 0 Å². The molecule has 0 bridgehead atoms. The predicted octanol–water partition coefficient (Wildman–Crippen LogP) is 4.81. The molecule has 4 rings (SSSR count). The Balaban J connectivity index is 1.38. The van der Waals surface area contributed by atoms with Gasteiger partial charge >= 0.3 is 0 Å². The fourth-order valence-electron chi connectivity index (χ4n) is 4.29. The molecule has 0 aliphatic heterocycles. The SMILES string of the molecule is COc1cc(C(=O)NCCCc2nc3ccccc3n2CCOc2cccc(C)c2)cc(OC)c1OC. The van der Waals surface area contributed by atoms with E-state index < -0.39 is 0 Å². The number of rotatable bonds is 12. The molecule has 0 saturated carbocycles. The molecular weight excluding hydrogens is 470 g/mol. The summed E-state index contributed by atoms with van der Waals surface area (Å²) < 4.78 is 24.2. The van der Waals surface area contributed by atoms with E-state index in [9.17, 15) is 4.79 Å². The molecule has 1 amide bonds. The number of hydrogen-bond donors (Lipinski definition) is 1. The summed E-state index contributed by atoms with van der Waals surface area (Å²) in [6, 6.07) is 19.4. The van der Waals surface area contributed by atoms with Gasteiger partial charge in [-0.25, -0.2) is 4.98 Å². The van der Waals surface area contributed by atoms with E-state index in [1.54, 1.807) is 12.1 Å². The number of nitrogens with one attached hydrogen (secondary N) is 1. The van der Waals surface area contributed by atoms with Gasteiger partial charge < -0.3 is 28.8 Å². The van der Waals surface area contributed by atoms with Gasteiger partial charge in [0.2, 0.25) is 5.75 Å². The van der Waals surface area contributed by atoms with Gasteiger partial charge in [-0.2, -0.15) is 0 Å². The highest BCUT2D eigenvalue weighted by atomic mass is 16.5. The standard InChI is InChI=1S/C29H33N3O5/c1-20-9-7-10-22(17-20)37-16-15-32-24-12-6-5-11-23(24)31-27(32)13-8-14-30-29(33)21-18-25(34-2)28(36-4)26(19-21)35-3/h5-7,9-12,17-19H,8,13-16H2,1-4H3,(H,30,33). The van der Waals surface area contributed by atoms with Crippen molar-refractivity contribution in [3.63, 3.8) is 0 Å². The Kier molecular flexibility index (Phi) is 8.51. The number of amides is 1. The lowest BCUT2D eigenvalue weighted by atomic mass is 10.1. The third-order valence-corrected chi connectivity index (χ3v) is 6.10. The molecule has 8 nitrogen and oxygen atoms in total. The number of nitrogens with zero attached hydrogens (tertiary/aromatic N) is 2. The summed E-state index contributed by atoms with van der Waals surface area (Å²) in [4.78, 5) is 17.6. The smallest absolute Gasteiger partial charge is 0.251 e. The van der Waals surface area contributed by atoms with Crippen LogP contribution in [0.3, 0.4) is 0 Å². The zero-order valence-electron chi connectivity index (χ0n) is 21.7. The van der Waals surface area contributed by atoms with Crippen molar-refractivity contribution in [2.24, 2.45) is 0 Å². The van der Waals surface area contributed by atoms with Gasteiger partial charge in [0.25, 0.3) is 5.91 Å². The second-order valence-corrected chi connectivity index (χ2v) is 8.61. The zero-order chi connectivity index (χ0) is 26.2. The first-order valence-corrected chi connectivity index (χ1v) is 12.3. The largest absolute Gasteiger partial charge is 0.493 e. The topological polar surface area (TPSA) is 83.8 Å². The molecule has 37 heavy (non-hydrogen) atoms. The van der Waals surface area contributed by atoms with Gasteiger partial charge in [-0.1, -0.05) is 24.3 Å². The van der Waals surface area contributed by atoms with Gasteiger partial charge in [-0.05, 0) is 55.3 Å². The Morgan fingerprint density at radius 3 is 2.41 bits per heavy atom. The van der Waals surface area contributed by atoms with E-state index in [1.807, 2.05) is 36.4 Å². The van der Waals surface area contributed by atoms with Crippen LogP contribution in [0.15, 0.2) is 60.7 Å². The van der Waals surface area contributed by atoms with Crippen molar-refractivity contribution in [2.75, 3.05) is 34.5 Å². The first kappa shape index (κ1) is 25.9. The highest BCUT2D eigenvalue weighted by Crippen LogP contribution is 2.38. The monoisotopic (exact) mass is 503 g/mol. The number of methoxy groups -OCH3 is 3. The van der Waals surface area contributed by atoms with E-state index in [1.165, 1.54) is 26.9 Å². The van der Waals surface area contributed by atoms with E-state index in [-0.39, 0.29) is 5.91 Å². The highest BCUT2D eigenvalue weighted by molar-refractivity contribution is 5.95. The van der Waals surface area contributed by atoms with Gasteiger partial charge in [0.1, 0.15) is 18.2 Å². The first-order valence-electron chi connectivity index (χ1n) is 12.3. The highest BCUT2D eigenvalue weighted by Gasteiger charge is 2.17. The minimum atomic E-state index is -0.209. The van der Waals surface area contributed by atoms with Crippen molar-refractivity contribution in [1.82, 2.24) is 14.9 Å². The van der Waals surface area contributed by atoms with Crippen LogP contribution in [0.1, 0.15) is 28.2 Å². The molecule has 1 heterocycles. The molecule has 0 aliphatic rings. The fraction of sp³-hybridized carbons (Fsp3) is 0.310. The summed E-state index contributed by atoms with van der Waals surface area (Å²) in [5.74, 6) is 2.95. The summed E-state index contributed by atoms with van der Waals surface area (Å²) in [5.41, 5.74) is 3.64. The number of aromatic nitrogens is 2. The second kappa shape index (κ2) is 12.2. The number of benzene rings is 3. The fourth-order valence-corrected chi connectivity index (χ4v) is 4.29. The average molecular weight is 504 g/mol. The predicted molar refractivity (Wildman–Crippen MR) is 143 cm³/mol. The Morgan fingerprint density at radius 2 is 1.70 bits per heavy atom. The van der Waals surface area contributed by atoms with Gasteiger partial charge in [-0.3, -0.25) is 4.79 Å². The average Bonchev–Trinajstić information content (AvgIpc) is 3.27. The number of carbonyl (C=O) groups is 1. The van der Waals surface area contributed by atoms with E-state index in [0.29, 0.717) is 48.9 Å². The van der Waals surface area contributed by atoms with Crippen LogP contribution in [-0.4, -0.2) is 49.9 Å². The summed E-state index contributed by atoms with van der Waals surface area (Å²) in [6.07, 6.45) is 1.45. The maximum atomic E-state index is 12.8. The minimum absolute atomic E-state index is 0.209. The Morgan fingerprint density at radius 1 is 0.946 bits per heavy atom. The quantitative estimate of drug-likeness (QED) is 0.279. The molecule has 0 radical (unpaired) electrons. The lowest BCUT2D eigenvalue weighted by Gasteiger charge is -2.14. The van der Waals surface area contributed by atoms with Gasteiger partial charge in [0.15, 0.2) is 11.5 Å². The van der Waals surface area contributed by atoms with E-state index in [0.717, 1.165) is 29.0 Å². The maximum absolute atomic E-state index is 12.8. The molecule has 194 valence electrons. The molecule has 0 spiro atoms. The van der Waals surface area contributed by atoms with E-state index in [4.69, 9.17) is 23.9 Å². The number of ether oxygens (including phenoxy) is 4. The lowest BCUT2D eigenvalue weighted by Crippen LogP contribution is -2.25. The molecule has 0 fully saturated rings. The molecule has 8 heteroatoms. The summed E-state index contributed by atoms with van der Waals surface area (Å²) in [5, 5.41) is 2.98. The molecule has 0 aliphatic carbocycles. The van der Waals surface area contributed by atoms with Crippen molar-refractivity contribution in [1.29, 1.82) is 0 Å². The summed E-state index contributed by atoms with van der Waals surface area (Å²) in [6.45, 7) is 3.77. The lowest BCUT2D eigenvalue weighted by molar-refractivity contribution is 0.0952. The van der Waals surface area contributed by atoms with Crippen LogP contribution in [0, 0.1) is 6.92 Å². The van der Waals surface area contributed by atoms with Crippen LogP contribution in [0.4, 0.5) is 0 Å². The molecule has 1 N–H and O–H groups in total. The minimum Gasteiger partial charge on any atom is -0.493 e. The Labute approximate surface area is 217 Å². The van der Waals surface area contributed by atoms with Crippen molar-refractivity contribution >= 4 is 16.9 Å². The molecular formula is C29H33N3O5. The number of fused-ring (bicyclic) bond motifs is 1. The van der Waals surface area contributed by atoms with Gasteiger partial charge in [0.05, 0.1) is 38.9 Å². The number of aryl methyl sites for hydroxylation is 2. The van der Waals surface area contributed by atoms with Crippen molar-refractivity contribution < 1.29 is 23.7 Å². The molecule has 1 aromatic heterocycles. The third kappa shape index (κ3) is 6.14. The molecule has 0 atom stereocenters. The van der Waals surface area contributed by atoms with E-state index in [2.05, 4.69) is 28.9 Å². The van der Waals surface area contributed by atoms with Gasteiger partial charge in [0, 0.05) is 18.5 Å². The van der Waals surface area contributed by atoms with Crippen LogP contribution in [0.5, 0.6) is 23.0 Å². The van der Waals surface area contributed by atoms with E-state index >= 15 is 0 Å². The number of imidazole rings is 1. The molecule has 4 aromatic rings. The maximum Gasteiger partial charge on any atom is 0.251 e. The molecule has 0 saturated heterocycles. The van der Waals surface area contributed by atoms with Crippen LogP contribution in [-0.2, 0) is 13.0 Å². The van der Waals surface area contributed by atoms with Gasteiger partial charge in [-0.15, -0.1) is 0 Å². The number of carbonyl (C=O) groups excluding carboxylic acids is 1. The van der Waals surface area contributed by atoms with Crippen molar-refractivity contribution in [3.05, 3.63) is 77.6 Å². The van der Waals surface area contributed by atoms with Crippen molar-refractivity contribution in [2.45, 2.75) is 26.3 Å². The third-order valence-electron chi connectivity index (χ3n) is 6.10. The Bertz CT molecular complexity index is 1340. The molecule has 0 unspecified atom stereocenters. The van der Waals surface area contributed by atoms with Crippen LogP contribution >= 0.6 is 0 Å². The normalized spacial score (nSPS) is 10.8. The van der Waals surface area contributed by atoms with Crippen LogP contribution in [0.25, 0.3) is 11.0 Å². The summed E-state index contributed by atoms with van der Waals surface area (Å²) in [7, 11) is 4.58. The number of para-hydroxylation sites is 2. The zero-order valence-corrected chi connectivity index (χ0v) is 21.7.